The second-order valence-corrected chi connectivity index (χ2v) is 9.50. The zero-order valence-corrected chi connectivity index (χ0v) is 22.4. The lowest BCUT2D eigenvalue weighted by molar-refractivity contribution is -0.143. The van der Waals surface area contributed by atoms with E-state index < -0.39 is 42.1 Å². The molecule has 1 rings (SSSR count). The van der Waals surface area contributed by atoms with Gasteiger partial charge in [-0.1, -0.05) is 47.6 Å². The quantitative estimate of drug-likeness (QED) is 0.311. The number of hydrogen-bond acceptors (Lipinski definition) is 10. The number of benzene rings is 1. The topological polar surface area (TPSA) is 126 Å². The van der Waals surface area contributed by atoms with Crippen LogP contribution < -0.4 is 14.8 Å². The van der Waals surface area contributed by atoms with Crippen LogP contribution in [0.5, 0.6) is 11.5 Å². The van der Waals surface area contributed by atoms with Crippen molar-refractivity contribution in [2.45, 2.75) is 67.0 Å². The highest BCUT2D eigenvalue weighted by molar-refractivity contribution is 5.78. The second kappa shape index (κ2) is 15.1. The molecule has 0 aliphatic rings. The standard InChI is InChI=1S/C26H39NO9/c1-15(2)14-33-26(31)34-18(7)13-27-20(25(30)32-8)11-19-9-10-21(35-23(28)16(3)4)22(12-19)36-24(29)17(5)6/h9-10,12,15-18,20,27H,11,13-14H2,1-8H3/t18?,20-/m0/s1. The van der Waals surface area contributed by atoms with E-state index in [1.165, 1.54) is 13.2 Å². The summed E-state index contributed by atoms with van der Waals surface area (Å²) >= 11 is 0. The summed E-state index contributed by atoms with van der Waals surface area (Å²) in [5.74, 6) is -1.91. The Bertz CT molecular complexity index is 895. The second-order valence-electron chi connectivity index (χ2n) is 9.50. The molecule has 0 fully saturated rings. The molecule has 10 nitrogen and oxygen atoms in total. The van der Waals surface area contributed by atoms with Gasteiger partial charge in [-0.2, -0.15) is 0 Å². The van der Waals surface area contributed by atoms with E-state index in [9.17, 15) is 19.2 Å². The molecule has 1 unspecified atom stereocenters. The van der Waals surface area contributed by atoms with Crippen LogP contribution in [0.1, 0.15) is 54.0 Å². The van der Waals surface area contributed by atoms with Crippen molar-refractivity contribution in [1.82, 2.24) is 5.32 Å². The van der Waals surface area contributed by atoms with E-state index in [1.807, 2.05) is 13.8 Å². The molecule has 1 aromatic rings. The summed E-state index contributed by atoms with van der Waals surface area (Å²) in [7, 11) is 1.27. The Morgan fingerprint density at radius 1 is 0.833 bits per heavy atom. The van der Waals surface area contributed by atoms with E-state index in [4.69, 9.17) is 23.7 Å². The van der Waals surface area contributed by atoms with Gasteiger partial charge in [0.1, 0.15) is 12.1 Å². The van der Waals surface area contributed by atoms with Gasteiger partial charge in [0.2, 0.25) is 0 Å². The van der Waals surface area contributed by atoms with Crippen molar-refractivity contribution < 1.29 is 42.9 Å². The molecule has 1 N–H and O–H groups in total. The van der Waals surface area contributed by atoms with Gasteiger partial charge in [-0.15, -0.1) is 0 Å². The molecule has 0 aromatic heterocycles. The van der Waals surface area contributed by atoms with Gasteiger partial charge in [0.05, 0.1) is 25.6 Å². The van der Waals surface area contributed by atoms with E-state index in [0.717, 1.165) is 0 Å². The summed E-state index contributed by atoms with van der Waals surface area (Å²) in [5.41, 5.74) is 0.624. The van der Waals surface area contributed by atoms with Crippen molar-refractivity contribution >= 4 is 24.1 Å². The van der Waals surface area contributed by atoms with Gasteiger partial charge in [0.25, 0.3) is 0 Å². The Morgan fingerprint density at radius 3 is 1.94 bits per heavy atom. The van der Waals surface area contributed by atoms with Crippen LogP contribution in [0.25, 0.3) is 0 Å². The first-order valence-corrected chi connectivity index (χ1v) is 12.0. The van der Waals surface area contributed by atoms with Crippen LogP contribution in [0.3, 0.4) is 0 Å². The summed E-state index contributed by atoms with van der Waals surface area (Å²) in [5, 5.41) is 3.03. The Balaban J connectivity index is 2.99. The summed E-state index contributed by atoms with van der Waals surface area (Å²) in [6, 6.07) is 3.94. The van der Waals surface area contributed by atoms with Gasteiger partial charge in [0, 0.05) is 6.54 Å². The van der Waals surface area contributed by atoms with Gasteiger partial charge in [0.15, 0.2) is 11.5 Å². The molecule has 10 heteroatoms. The smallest absolute Gasteiger partial charge is 0.468 e. The molecule has 36 heavy (non-hydrogen) atoms. The number of esters is 3. The fourth-order valence-electron chi connectivity index (χ4n) is 2.70. The first kappa shape index (κ1) is 30.9. The minimum Gasteiger partial charge on any atom is -0.468 e. The monoisotopic (exact) mass is 509 g/mol. The molecule has 0 heterocycles. The Kier molecular flexibility index (Phi) is 12.9. The van der Waals surface area contributed by atoms with E-state index in [1.54, 1.807) is 46.8 Å². The van der Waals surface area contributed by atoms with Crippen LogP contribution >= 0.6 is 0 Å². The van der Waals surface area contributed by atoms with Crippen LogP contribution in [0, 0.1) is 17.8 Å². The van der Waals surface area contributed by atoms with Crippen LogP contribution in [-0.4, -0.2) is 56.5 Å². The average molecular weight is 510 g/mol. The normalized spacial score (nSPS) is 12.8. The van der Waals surface area contributed by atoms with E-state index >= 15 is 0 Å². The van der Waals surface area contributed by atoms with E-state index in [2.05, 4.69) is 5.32 Å². The minimum atomic E-state index is -0.787. The van der Waals surface area contributed by atoms with Crippen molar-refractivity contribution in [3.63, 3.8) is 0 Å². The maximum atomic E-state index is 12.4. The molecular formula is C26H39NO9. The maximum absolute atomic E-state index is 12.4. The fourth-order valence-corrected chi connectivity index (χ4v) is 2.70. The molecule has 1 aromatic carbocycles. The third kappa shape index (κ3) is 11.1. The maximum Gasteiger partial charge on any atom is 0.508 e. The zero-order valence-electron chi connectivity index (χ0n) is 22.4. The number of methoxy groups -OCH3 is 1. The van der Waals surface area contributed by atoms with Crippen molar-refractivity contribution in [2.75, 3.05) is 20.3 Å². The molecule has 202 valence electrons. The molecule has 0 aliphatic heterocycles. The Labute approximate surface area is 212 Å². The summed E-state index contributed by atoms with van der Waals surface area (Å²) < 4.78 is 25.9. The number of carbonyl (C=O) groups excluding carboxylic acids is 4. The van der Waals surface area contributed by atoms with Crippen LogP contribution in [0.2, 0.25) is 0 Å². The van der Waals surface area contributed by atoms with Crippen molar-refractivity contribution in [3.05, 3.63) is 23.8 Å². The predicted molar refractivity (Wildman–Crippen MR) is 132 cm³/mol. The molecule has 0 saturated heterocycles. The molecule has 2 atom stereocenters. The van der Waals surface area contributed by atoms with Crippen LogP contribution in [0.15, 0.2) is 18.2 Å². The molecule has 0 amide bonds. The van der Waals surface area contributed by atoms with Crippen molar-refractivity contribution in [1.29, 1.82) is 0 Å². The largest absolute Gasteiger partial charge is 0.508 e. The number of rotatable bonds is 13. The lowest BCUT2D eigenvalue weighted by Gasteiger charge is -2.20. The van der Waals surface area contributed by atoms with Gasteiger partial charge in [-0.25, -0.2) is 4.79 Å². The fraction of sp³-hybridized carbons (Fsp3) is 0.615. The number of ether oxygens (including phenoxy) is 5. The molecule has 0 aliphatic carbocycles. The summed E-state index contributed by atoms with van der Waals surface area (Å²) in [6.07, 6.45) is -1.19. The van der Waals surface area contributed by atoms with E-state index in [-0.39, 0.29) is 42.9 Å². The first-order valence-electron chi connectivity index (χ1n) is 12.0. The highest BCUT2D eigenvalue weighted by Crippen LogP contribution is 2.30. The molecule has 0 radical (unpaired) electrons. The van der Waals surface area contributed by atoms with E-state index in [0.29, 0.717) is 5.56 Å². The van der Waals surface area contributed by atoms with Crippen molar-refractivity contribution in [2.24, 2.45) is 17.8 Å². The lowest BCUT2D eigenvalue weighted by Crippen LogP contribution is -2.43. The zero-order chi connectivity index (χ0) is 27.4. The minimum absolute atomic E-state index is 0.0772. The van der Waals surface area contributed by atoms with Gasteiger partial charge < -0.3 is 29.0 Å². The third-order valence-corrected chi connectivity index (χ3v) is 4.78. The van der Waals surface area contributed by atoms with Gasteiger partial charge in [-0.3, -0.25) is 14.4 Å². The third-order valence-electron chi connectivity index (χ3n) is 4.78. The number of hydrogen-bond donors (Lipinski definition) is 1. The lowest BCUT2D eigenvalue weighted by atomic mass is 10.0. The molecule has 0 bridgehead atoms. The Morgan fingerprint density at radius 2 is 1.42 bits per heavy atom. The molecular weight excluding hydrogens is 470 g/mol. The SMILES string of the molecule is COC(=O)[C@H](Cc1ccc(OC(=O)C(C)C)c(OC(=O)C(C)C)c1)NCC(C)OC(=O)OCC(C)C. The number of carbonyl (C=O) groups is 4. The predicted octanol–water partition coefficient (Wildman–Crippen LogP) is 3.68. The Hall–Kier alpha value is -3.14. The summed E-state index contributed by atoms with van der Waals surface area (Å²) in [4.78, 5) is 48.5. The van der Waals surface area contributed by atoms with Crippen LogP contribution in [-0.2, 0) is 35.0 Å². The van der Waals surface area contributed by atoms with Gasteiger partial charge in [-0.05, 0) is 37.0 Å². The average Bonchev–Trinajstić information content (AvgIpc) is 2.80. The highest BCUT2D eigenvalue weighted by atomic mass is 16.7. The number of nitrogens with one attached hydrogen (secondary N) is 1. The highest BCUT2D eigenvalue weighted by Gasteiger charge is 2.24. The van der Waals surface area contributed by atoms with Gasteiger partial charge >= 0.3 is 24.1 Å². The summed E-state index contributed by atoms with van der Waals surface area (Å²) in [6.45, 7) is 12.7. The van der Waals surface area contributed by atoms with Crippen LogP contribution in [0.4, 0.5) is 4.79 Å². The molecule has 0 saturated carbocycles. The first-order chi connectivity index (χ1) is 16.8. The van der Waals surface area contributed by atoms with Crippen molar-refractivity contribution in [3.8, 4) is 11.5 Å². The molecule has 0 spiro atoms.